The second-order valence-electron chi connectivity index (χ2n) is 8.83. The van der Waals surface area contributed by atoms with Crippen molar-refractivity contribution >= 4 is 5.91 Å². The van der Waals surface area contributed by atoms with Crippen molar-refractivity contribution in [2.45, 2.75) is 102 Å². The van der Waals surface area contributed by atoms with Gasteiger partial charge in [-0.05, 0) is 19.8 Å². The summed E-state index contributed by atoms with van der Waals surface area (Å²) in [6.07, 6.45) is -8.26. The quantitative estimate of drug-likeness (QED) is 0.239. The van der Waals surface area contributed by atoms with Gasteiger partial charge in [0.2, 0.25) is 5.91 Å². The fourth-order valence-corrected chi connectivity index (χ4v) is 4.12. The maximum absolute atomic E-state index is 11.7. The zero-order chi connectivity index (χ0) is 23.5. The number of rotatable bonds is 8. The Hall–Kier alpha value is -0.890. The first-order valence-electron chi connectivity index (χ1n) is 10.7. The van der Waals surface area contributed by atoms with Crippen LogP contribution in [0.15, 0.2) is 0 Å². The zero-order valence-corrected chi connectivity index (χ0v) is 18.7. The van der Waals surface area contributed by atoms with Crippen LogP contribution in [0.4, 0.5) is 0 Å². The fraction of sp³-hybridized carbons (Fsp3) is 0.950. The maximum Gasteiger partial charge on any atom is 0.217 e. The van der Waals surface area contributed by atoms with E-state index in [9.17, 15) is 25.2 Å². The topological polar surface area (TPSA) is 173 Å². The van der Waals surface area contributed by atoms with Crippen molar-refractivity contribution < 1.29 is 44.2 Å². The van der Waals surface area contributed by atoms with Crippen molar-refractivity contribution in [1.82, 2.24) is 5.32 Å². The van der Waals surface area contributed by atoms with Gasteiger partial charge in [-0.2, -0.15) is 0 Å². The summed E-state index contributed by atoms with van der Waals surface area (Å²) in [6, 6.07) is -1.85. The summed E-state index contributed by atoms with van der Waals surface area (Å²) in [7, 11) is 0. The Morgan fingerprint density at radius 3 is 2.10 bits per heavy atom. The molecule has 11 heteroatoms. The third-order valence-electron chi connectivity index (χ3n) is 5.58. The Kier molecular flexibility index (Phi) is 9.61. The molecule has 2 fully saturated rings. The van der Waals surface area contributed by atoms with Crippen LogP contribution in [0.5, 0.6) is 0 Å². The van der Waals surface area contributed by atoms with E-state index in [1.807, 2.05) is 13.8 Å². The number of aliphatic hydroxyl groups is 4. The molecule has 1 amide bonds. The average Bonchev–Trinajstić information content (AvgIpc) is 2.69. The smallest absolute Gasteiger partial charge is 0.217 e. The molecule has 7 N–H and O–H groups in total. The lowest BCUT2D eigenvalue weighted by Crippen LogP contribution is -2.69. The van der Waals surface area contributed by atoms with E-state index in [1.165, 1.54) is 6.92 Å². The van der Waals surface area contributed by atoms with Gasteiger partial charge in [-0.1, -0.05) is 13.8 Å². The monoisotopic (exact) mass is 450 g/mol. The molecule has 0 radical (unpaired) electrons. The summed E-state index contributed by atoms with van der Waals surface area (Å²) >= 11 is 0. The van der Waals surface area contributed by atoms with E-state index in [0.717, 1.165) is 0 Å². The van der Waals surface area contributed by atoms with Gasteiger partial charge in [0.25, 0.3) is 0 Å². The SMILES string of the molecule is CC(=O)NC1C(O)C(OC2OC(CO)C(OC(C)C)C(O)C2N)C(CO)OC1C(C)C. The molecule has 31 heavy (non-hydrogen) atoms. The molecule has 2 saturated heterocycles. The van der Waals surface area contributed by atoms with E-state index >= 15 is 0 Å². The van der Waals surface area contributed by atoms with Gasteiger partial charge in [-0.3, -0.25) is 4.79 Å². The van der Waals surface area contributed by atoms with Crippen LogP contribution in [0.2, 0.25) is 0 Å². The van der Waals surface area contributed by atoms with Crippen LogP contribution in [-0.2, 0) is 23.7 Å². The molecule has 0 aromatic carbocycles. The molecule has 11 nitrogen and oxygen atoms in total. The first-order valence-corrected chi connectivity index (χ1v) is 10.7. The predicted octanol–water partition coefficient (Wildman–Crippen LogP) is -2.15. The highest BCUT2D eigenvalue weighted by molar-refractivity contribution is 5.73. The highest BCUT2D eigenvalue weighted by atomic mass is 16.7. The Balaban J connectivity index is 2.22. The third-order valence-corrected chi connectivity index (χ3v) is 5.58. The summed E-state index contributed by atoms with van der Waals surface area (Å²) in [4.78, 5) is 11.7. The standard InChI is InChI=1S/C20H38N2O9/c1-8(2)17-14(22-10(5)25)16(27)19(11(6-23)29-17)31-20-13(21)15(26)18(28-9(3)4)12(7-24)30-20/h8-9,11-20,23-24,26-27H,6-7,21H2,1-5H3,(H,22,25). The van der Waals surface area contributed by atoms with Crippen molar-refractivity contribution in [2.24, 2.45) is 11.7 Å². The minimum Gasteiger partial charge on any atom is -0.394 e. The summed E-state index contributed by atoms with van der Waals surface area (Å²) in [5.74, 6) is -0.418. The molecule has 0 spiro atoms. The van der Waals surface area contributed by atoms with E-state index < -0.39 is 74.3 Å². The molecule has 2 aliphatic rings. The number of amides is 1. The molecular formula is C20H38N2O9. The van der Waals surface area contributed by atoms with Gasteiger partial charge in [0, 0.05) is 6.92 Å². The van der Waals surface area contributed by atoms with Crippen LogP contribution in [0, 0.1) is 5.92 Å². The highest BCUT2D eigenvalue weighted by Crippen LogP contribution is 2.31. The lowest BCUT2D eigenvalue weighted by atomic mass is 9.87. The van der Waals surface area contributed by atoms with E-state index in [4.69, 9.17) is 24.7 Å². The summed E-state index contributed by atoms with van der Waals surface area (Å²) in [5, 5.41) is 43.9. The zero-order valence-electron chi connectivity index (χ0n) is 18.7. The number of ether oxygens (including phenoxy) is 4. The lowest BCUT2D eigenvalue weighted by molar-refractivity contribution is -0.319. The molecule has 10 atom stereocenters. The molecule has 10 unspecified atom stereocenters. The van der Waals surface area contributed by atoms with Crippen LogP contribution < -0.4 is 11.1 Å². The molecule has 0 bridgehead atoms. The Morgan fingerprint density at radius 2 is 1.61 bits per heavy atom. The van der Waals surface area contributed by atoms with Crippen molar-refractivity contribution in [1.29, 1.82) is 0 Å². The lowest BCUT2D eigenvalue weighted by Gasteiger charge is -2.49. The van der Waals surface area contributed by atoms with Crippen LogP contribution in [-0.4, -0.2) is 107 Å². The molecule has 2 heterocycles. The molecule has 2 aliphatic heterocycles. The molecule has 0 aliphatic carbocycles. The fourth-order valence-electron chi connectivity index (χ4n) is 4.12. The van der Waals surface area contributed by atoms with Gasteiger partial charge in [-0.15, -0.1) is 0 Å². The second-order valence-corrected chi connectivity index (χ2v) is 8.83. The molecule has 0 aromatic rings. The summed E-state index contributed by atoms with van der Waals surface area (Å²) in [5.41, 5.74) is 6.13. The minimum absolute atomic E-state index is 0.0655. The van der Waals surface area contributed by atoms with Gasteiger partial charge in [0.15, 0.2) is 6.29 Å². The predicted molar refractivity (Wildman–Crippen MR) is 109 cm³/mol. The first-order chi connectivity index (χ1) is 14.5. The number of aliphatic hydroxyl groups excluding tert-OH is 4. The van der Waals surface area contributed by atoms with Crippen LogP contribution in [0.3, 0.4) is 0 Å². The Labute approximate surface area is 182 Å². The molecule has 0 saturated carbocycles. The molecule has 182 valence electrons. The number of nitrogens with two attached hydrogens (primary N) is 1. The number of hydrogen-bond acceptors (Lipinski definition) is 10. The third kappa shape index (κ3) is 6.12. The normalized spacial score (nSPS) is 41.5. The first kappa shape index (κ1) is 26.4. The maximum atomic E-state index is 11.7. The number of carbonyl (C=O) groups is 1. The summed E-state index contributed by atoms with van der Waals surface area (Å²) in [6.45, 7) is 7.74. The van der Waals surface area contributed by atoms with Gasteiger partial charge in [-0.25, -0.2) is 0 Å². The highest BCUT2D eigenvalue weighted by Gasteiger charge is 2.51. The van der Waals surface area contributed by atoms with Gasteiger partial charge < -0.3 is 50.4 Å². The molecule has 2 rings (SSSR count). The Morgan fingerprint density at radius 1 is 1.03 bits per heavy atom. The van der Waals surface area contributed by atoms with E-state index in [0.29, 0.717) is 0 Å². The van der Waals surface area contributed by atoms with Crippen LogP contribution in [0.25, 0.3) is 0 Å². The van der Waals surface area contributed by atoms with E-state index in [2.05, 4.69) is 5.32 Å². The number of nitrogens with one attached hydrogen (secondary N) is 1. The van der Waals surface area contributed by atoms with Crippen molar-refractivity contribution in [3.05, 3.63) is 0 Å². The van der Waals surface area contributed by atoms with Crippen molar-refractivity contribution in [2.75, 3.05) is 13.2 Å². The van der Waals surface area contributed by atoms with Crippen LogP contribution in [0.1, 0.15) is 34.6 Å². The van der Waals surface area contributed by atoms with Crippen molar-refractivity contribution in [3.8, 4) is 0 Å². The molecular weight excluding hydrogens is 412 g/mol. The summed E-state index contributed by atoms with van der Waals surface area (Å²) < 4.78 is 23.2. The van der Waals surface area contributed by atoms with Crippen LogP contribution >= 0.6 is 0 Å². The minimum atomic E-state index is -1.24. The van der Waals surface area contributed by atoms with Gasteiger partial charge >= 0.3 is 0 Å². The van der Waals surface area contributed by atoms with Crippen molar-refractivity contribution in [3.63, 3.8) is 0 Å². The Bertz CT molecular complexity index is 577. The van der Waals surface area contributed by atoms with E-state index in [1.54, 1.807) is 13.8 Å². The van der Waals surface area contributed by atoms with E-state index in [-0.39, 0.29) is 17.9 Å². The second kappa shape index (κ2) is 11.3. The number of hydrogen-bond donors (Lipinski definition) is 6. The average molecular weight is 451 g/mol. The number of carbonyl (C=O) groups excluding carboxylic acids is 1. The largest absolute Gasteiger partial charge is 0.394 e. The molecule has 0 aromatic heterocycles. The van der Waals surface area contributed by atoms with Gasteiger partial charge in [0.1, 0.15) is 36.6 Å². The van der Waals surface area contributed by atoms with Gasteiger partial charge in [0.05, 0.1) is 37.5 Å².